The Morgan fingerprint density at radius 3 is 2.36 bits per heavy atom. The van der Waals surface area contributed by atoms with E-state index in [2.05, 4.69) is 10.1 Å². The number of halogens is 4. The number of alkyl halides is 3. The number of likely N-dealkylation sites (N-methyl/N-ethyl adjacent to an activating group) is 1. The van der Waals surface area contributed by atoms with E-state index in [9.17, 15) is 18.0 Å². The van der Waals surface area contributed by atoms with Gasteiger partial charge in [-0.2, -0.15) is 13.2 Å². The highest BCUT2D eigenvalue weighted by atomic mass is 35.5. The molecule has 28 heavy (non-hydrogen) atoms. The Kier molecular flexibility index (Phi) is 7.86. The molecule has 4 nitrogen and oxygen atoms in total. The van der Waals surface area contributed by atoms with E-state index in [1.54, 1.807) is 30.3 Å². The third kappa shape index (κ3) is 6.82. The summed E-state index contributed by atoms with van der Waals surface area (Å²) in [4.78, 5) is 14.4. The molecule has 0 fully saturated rings. The molecule has 8 heteroatoms. The SMILES string of the molecule is CN(C)C(CNC(=O)c1ccc(COCC(F)(F)F)cc1)c1ccccc1Cl. The maximum atomic E-state index is 12.4. The van der Waals surface area contributed by atoms with Gasteiger partial charge in [-0.3, -0.25) is 4.79 Å². The predicted octanol–water partition coefficient (Wildman–Crippen LogP) is 4.45. The zero-order valence-corrected chi connectivity index (χ0v) is 16.3. The summed E-state index contributed by atoms with van der Waals surface area (Å²) in [5.41, 5.74) is 1.88. The van der Waals surface area contributed by atoms with E-state index < -0.39 is 12.8 Å². The molecule has 0 saturated heterocycles. The number of rotatable bonds is 8. The lowest BCUT2D eigenvalue weighted by Crippen LogP contribution is -2.34. The number of carbonyl (C=O) groups is 1. The number of benzene rings is 2. The monoisotopic (exact) mass is 414 g/mol. The van der Waals surface area contributed by atoms with Gasteiger partial charge in [0.25, 0.3) is 5.91 Å². The van der Waals surface area contributed by atoms with E-state index in [-0.39, 0.29) is 18.6 Å². The van der Waals surface area contributed by atoms with E-state index >= 15 is 0 Å². The van der Waals surface area contributed by atoms with Crippen LogP contribution in [0.25, 0.3) is 0 Å². The van der Waals surface area contributed by atoms with E-state index in [0.717, 1.165) is 5.56 Å². The first-order chi connectivity index (χ1) is 13.2. The second-order valence-electron chi connectivity index (χ2n) is 6.52. The molecule has 0 heterocycles. The van der Waals surface area contributed by atoms with Crippen molar-refractivity contribution in [1.29, 1.82) is 0 Å². The fourth-order valence-electron chi connectivity index (χ4n) is 2.64. The van der Waals surface area contributed by atoms with Crippen LogP contribution >= 0.6 is 11.6 Å². The number of carbonyl (C=O) groups excluding carboxylic acids is 1. The lowest BCUT2D eigenvalue weighted by Gasteiger charge is -2.26. The molecule has 0 aliphatic heterocycles. The molecule has 0 bridgehead atoms. The lowest BCUT2D eigenvalue weighted by molar-refractivity contribution is -0.176. The molecule has 0 aliphatic rings. The largest absolute Gasteiger partial charge is 0.411 e. The van der Waals surface area contributed by atoms with Crippen LogP contribution in [0, 0.1) is 0 Å². The van der Waals surface area contributed by atoms with Crippen LogP contribution < -0.4 is 5.32 Å². The van der Waals surface area contributed by atoms with Gasteiger partial charge >= 0.3 is 6.18 Å². The van der Waals surface area contributed by atoms with Crippen molar-refractivity contribution in [3.05, 3.63) is 70.2 Å². The van der Waals surface area contributed by atoms with E-state index in [0.29, 0.717) is 22.7 Å². The Balaban J connectivity index is 1.94. The molecule has 2 aromatic rings. The van der Waals surface area contributed by atoms with Crippen molar-refractivity contribution < 1.29 is 22.7 Å². The summed E-state index contributed by atoms with van der Waals surface area (Å²) in [5, 5.41) is 3.49. The second-order valence-corrected chi connectivity index (χ2v) is 6.92. The predicted molar refractivity (Wildman–Crippen MR) is 102 cm³/mol. The zero-order valence-electron chi connectivity index (χ0n) is 15.6. The number of ether oxygens (including phenoxy) is 1. The number of nitrogens with zero attached hydrogens (tertiary/aromatic N) is 1. The molecule has 0 saturated carbocycles. The molecule has 0 spiro atoms. The van der Waals surface area contributed by atoms with Crippen molar-refractivity contribution in [3.8, 4) is 0 Å². The fourth-order valence-corrected chi connectivity index (χ4v) is 2.91. The Hall–Kier alpha value is -2.09. The number of nitrogens with one attached hydrogen (secondary N) is 1. The summed E-state index contributed by atoms with van der Waals surface area (Å²) in [6.07, 6.45) is -4.36. The van der Waals surface area contributed by atoms with Gasteiger partial charge in [0.05, 0.1) is 12.6 Å². The smallest absolute Gasteiger partial charge is 0.367 e. The molecular weight excluding hydrogens is 393 g/mol. The summed E-state index contributed by atoms with van der Waals surface area (Å²) >= 11 is 6.26. The minimum Gasteiger partial charge on any atom is -0.367 e. The Labute approximate surface area is 167 Å². The van der Waals surface area contributed by atoms with Crippen molar-refractivity contribution in [3.63, 3.8) is 0 Å². The maximum Gasteiger partial charge on any atom is 0.411 e. The Morgan fingerprint density at radius 2 is 1.79 bits per heavy atom. The standard InChI is InChI=1S/C20H22ClF3N2O2/c1-26(2)18(16-5-3-4-6-17(16)21)11-25-19(27)15-9-7-14(8-10-15)12-28-13-20(22,23)24/h3-10,18H,11-13H2,1-2H3,(H,25,27). The van der Waals surface area contributed by atoms with Gasteiger partial charge in [0, 0.05) is 17.1 Å². The third-order valence-corrected chi connectivity index (χ3v) is 4.44. The van der Waals surface area contributed by atoms with Crippen LogP contribution in [0.3, 0.4) is 0 Å². The first-order valence-corrected chi connectivity index (χ1v) is 8.97. The quantitative estimate of drug-likeness (QED) is 0.693. The molecule has 2 rings (SSSR count). The summed E-state index contributed by atoms with van der Waals surface area (Å²) in [6.45, 7) is -1.12. The van der Waals surface area contributed by atoms with Gasteiger partial charge in [-0.05, 0) is 43.4 Å². The highest BCUT2D eigenvalue weighted by molar-refractivity contribution is 6.31. The first-order valence-electron chi connectivity index (χ1n) is 8.60. The minimum absolute atomic E-state index is 0.104. The summed E-state index contributed by atoms with van der Waals surface area (Å²) in [5.74, 6) is -0.276. The van der Waals surface area contributed by atoms with Gasteiger partial charge in [0.15, 0.2) is 0 Å². The molecule has 152 valence electrons. The average Bonchev–Trinajstić information content (AvgIpc) is 2.62. The van der Waals surface area contributed by atoms with Crippen LogP contribution in [0.2, 0.25) is 5.02 Å². The van der Waals surface area contributed by atoms with Crippen molar-refractivity contribution >= 4 is 17.5 Å². The van der Waals surface area contributed by atoms with Crippen LogP contribution in [0.4, 0.5) is 13.2 Å². The molecule has 0 aliphatic carbocycles. The van der Waals surface area contributed by atoms with Crippen molar-refractivity contribution in [2.24, 2.45) is 0 Å². The Morgan fingerprint density at radius 1 is 1.14 bits per heavy atom. The van der Waals surface area contributed by atoms with Crippen molar-refractivity contribution in [2.45, 2.75) is 18.8 Å². The van der Waals surface area contributed by atoms with Crippen LogP contribution in [0.1, 0.15) is 27.5 Å². The minimum atomic E-state index is -4.36. The highest BCUT2D eigenvalue weighted by Crippen LogP contribution is 2.25. The topological polar surface area (TPSA) is 41.6 Å². The number of amides is 1. The molecular formula is C20H22ClF3N2O2. The Bertz CT molecular complexity index is 780. The first kappa shape index (κ1) is 22.2. The van der Waals surface area contributed by atoms with E-state index in [1.165, 1.54) is 0 Å². The molecule has 2 aromatic carbocycles. The molecule has 1 N–H and O–H groups in total. The van der Waals surface area contributed by atoms with Crippen LogP contribution in [0.15, 0.2) is 48.5 Å². The molecule has 0 aromatic heterocycles. The molecule has 1 amide bonds. The van der Waals surface area contributed by atoms with Gasteiger partial charge in [-0.25, -0.2) is 0 Å². The molecule has 1 unspecified atom stereocenters. The normalized spacial score (nSPS) is 12.8. The maximum absolute atomic E-state index is 12.4. The van der Waals surface area contributed by atoms with E-state index in [1.807, 2.05) is 37.2 Å². The average molecular weight is 415 g/mol. The van der Waals surface area contributed by atoms with Gasteiger partial charge in [-0.1, -0.05) is 41.9 Å². The lowest BCUT2D eigenvalue weighted by atomic mass is 10.1. The summed E-state index contributed by atoms with van der Waals surface area (Å²) < 4.78 is 40.9. The number of hydrogen-bond acceptors (Lipinski definition) is 3. The van der Waals surface area contributed by atoms with Gasteiger partial charge < -0.3 is 15.0 Å². The molecule has 0 radical (unpaired) electrons. The van der Waals surface area contributed by atoms with Crippen LogP contribution in [-0.2, 0) is 11.3 Å². The van der Waals surface area contributed by atoms with Crippen molar-refractivity contribution in [1.82, 2.24) is 10.2 Å². The van der Waals surface area contributed by atoms with Crippen LogP contribution in [0.5, 0.6) is 0 Å². The highest BCUT2D eigenvalue weighted by Gasteiger charge is 2.27. The van der Waals surface area contributed by atoms with Gasteiger partial charge in [0.1, 0.15) is 6.61 Å². The van der Waals surface area contributed by atoms with Crippen LogP contribution in [-0.4, -0.2) is 44.2 Å². The summed E-state index contributed by atoms with van der Waals surface area (Å²) in [6, 6.07) is 13.6. The molecule has 1 atom stereocenters. The van der Waals surface area contributed by atoms with Gasteiger partial charge in [0.2, 0.25) is 0 Å². The number of hydrogen-bond donors (Lipinski definition) is 1. The summed E-state index contributed by atoms with van der Waals surface area (Å²) in [7, 11) is 3.80. The zero-order chi connectivity index (χ0) is 20.7. The fraction of sp³-hybridized carbons (Fsp3) is 0.350. The third-order valence-electron chi connectivity index (χ3n) is 4.09. The van der Waals surface area contributed by atoms with E-state index in [4.69, 9.17) is 11.6 Å². The second kappa shape index (κ2) is 9.91. The van der Waals surface area contributed by atoms with Gasteiger partial charge in [-0.15, -0.1) is 0 Å². The van der Waals surface area contributed by atoms with Crippen molar-refractivity contribution in [2.75, 3.05) is 27.2 Å².